The number of hydrogen-bond acceptors (Lipinski definition) is 4. The van der Waals surface area contributed by atoms with Crippen molar-refractivity contribution >= 4 is 28.9 Å². The minimum absolute atomic E-state index is 0.0171. The number of hydrogen-bond donors (Lipinski definition) is 2. The molecule has 0 aliphatic heterocycles. The van der Waals surface area contributed by atoms with E-state index in [2.05, 4.69) is 22.4 Å². The minimum Gasteiger partial charge on any atom is -0.484 e. The topological polar surface area (TPSA) is 66.0 Å². The zero-order valence-electron chi connectivity index (χ0n) is 15.0. The van der Waals surface area contributed by atoms with Crippen LogP contribution >= 0.6 is 12.2 Å². The van der Waals surface area contributed by atoms with Crippen LogP contribution < -0.4 is 15.5 Å². The molecule has 1 aromatic rings. The molecule has 0 fully saturated rings. The van der Waals surface area contributed by atoms with Gasteiger partial charge in [-0.2, -0.15) is 5.10 Å². The number of thiocarbonyl (C=S) groups is 1. The molecule has 0 atom stereocenters. The van der Waals surface area contributed by atoms with Crippen molar-refractivity contribution in [3.63, 3.8) is 0 Å². The van der Waals surface area contributed by atoms with Gasteiger partial charge >= 0.3 is 0 Å². The van der Waals surface area contributed by atoms with E-state index in [4.69, 9.17) is 17.0 Å². The fourth-order valence-electron chi connectivity index (χ4n) is 2.01. The second kappa shape index (κ2) is 11.2. The lowest BCUT2D eigenvalue weighted by atomic mass is 10.1. The van der Waals surface area contributed by atoms with Crippen LogP contribution in [0.5, 0.6) is 5.75 Å². The molecule has 2 N–H and O–H groups in total. The van der Waals surface area contributed by atoms with Gasteiger partial charge in [0.2, 0.25) is 0 Å². The van der Waals surface area contributed by atoms with Gasteiger partial charge in [0.15, 0.2) is 11.7 Å². The van der Waals surface area contributed by atoms with E-state index in [9.17, 15) is 4.79 Å². The number of nitrogens with zero attached hydrogens (tertiary/aromatic N) is 2. The molecule has 0 aromatic heterocycles. The highest BCUT2D eigenvalue weighted by Crippen LogP contribution is 2.13. The Bertz CT molecular complexity index is 610. The number of carbonyl (C=O) groups is 1. The predicted octanol–water partition coefficient (Wildman–Crippen LogP) is 2.31. The first-order valence-electron chi connectivity index (χ1n) is 8.21. The Balaban J connectivity index is 2.56. The molecule has 0 saturated heterocycles. The number of amides is 1. The van der Waals surface area contributed by atoms with Crippen molar-refractivity contribution in [2.75, 3.05) is 26.2 Å². The number of ether oxygens (including phenoxy) is 1. The van der Waals surface area contributed by atoms with Crippen LogP contribution in [0.2, 0.25) is 0 Å². The second-order valence-electron chi connectivity index (χ2n) is 5.19. The molecule has 7 heteroatoms. The molecule has 0 heterocycles. The van der Waals surface area contributed by atoms with Crippen LogP contribution in [0.25, 0.3) is 0 Å². The van der Waals surface area contributed by atoms with Crippen LogP contribution in [-0.4, -0.2) is 47.9 Å². The summed E-state index contributed by atoms with van der Waals surface area (Å²) in [5, 5.41) is 7.60. The molecular weight excluding hydrogens is 336 g/mol. The third kappa shape index (κ3) is 7.34. The molecule has 25 heavy (non-hydrogen) atoms. The van der Waals surface area contributed by atoms with Crippen LogP contribution in [0.4, 0.5) is 0 Å². The van der Waals surface area contributed by atoms with Crippen LogP contribution in [0.15, 0.2) is 42.0 Å². The lowest BCUT2D eigenvalue weighted by Gasteiger charge is -2.18. The molecule has 1 aromatic carbocycles. The van der Waals surface area contributed by atoms with Gasteiger partial charge in [0.1, 0.15) is 5.75 Å². The average Bonchev–Trinajstić information content (AvgIpc) is 2.64. The van der Waals surface area contributed by atoms with E-state index in [0.717, 1.165) is 11.3 Å². The molecule has 0 aliphatic rings. The van der Waals surface area contributed by atoms with Gasteiger partial charge in [0, 0.05) is 19.6 Å². The van der Waals surface area contributed by atoms with Crippen LogP contribution in [-0.2, 0) is 4.79 Å². The Labute approximate surface area is 154 Å². The zero-order valence-corrected chi connectivity index (χ0v) is 15.9. The molecule has 0 spiro atoms. The van der Waals surface area contributed by atoms with Crippen molar-refractivity contribution in [1.29, 1.82) is 0 Å². The molecule has 0 saturated carbocycles. The number of hydrazone groups is 1. The van der Waals surface area contributed by atoms with Crippen molar-refractivity contribution in [3.8, 4) is 5.75 Å². The lowest BCUT2D eigenvalue weighted by molar-refractivity contribution is -0.132. The monoisotopic (exact) mass is 362 g/mol. The summed E-state index contributed by atoms with van der Waals surface area (Å²) >= 11 is 5.08. The van der Waals surface area contributed by atoms with E-state index < -0.39 is 0 Å². The molecule has 1 amide bonds. The van der Waals surface area contributed by atoms with Crippen molar-refractivity contribution in [2.45, 2.75) is 20.8 Å². The Morgan fingerprint density at radius 1 is 1.32 bits per heavy atom. The van der Waals surface area contributed by atoms with Gasteiger partial charge in [-0.05, 0) is 62.8 Å². The molecule has 6 nitrogen and oxygen atoms in total. The maximum atomic E-state index is 11.9. The summed E-state index contributed by atoms with van der Waals surface area (Å²) < 4.78 is 5.54. The first-order valence-corrected chi connectivity index (χ1v) is 8.62. The van der Waals surface area contributed by atoms with Crippen LogP contribution in [0.3, 0.4) is 0 Å². The molecule has 0 bridgehead atoms. The number of carbonyl (C=O) groups excluding carboxylic acids is 1. The lowest BCUT2D eigenvalue weighted by Crippen LogP contribution is -2.34. The van der Waals surface area contributed by atoms with Crippen molar-refractivity contribution < 1.29 is 9.53 Å². The summed E-state index contributed by atoms with van der Waals surface area (Å²) in [6, 6.07) is 7.41. The molecule has 1 rings (SSSR count). The summed E-state index contributed by atoms with van der Waals surface area (Å²) in [5.74, 6) is 0.629. The van der Waals surface area contributed by atoms with Gasteiger partial charge in [0.05, 0.1) is 5.71 Å². The number of rotatable bonds is 9. The van der Waals surface area contributed by atoms with Crippen molar-refractivity contribution in [1.82, 2.24) is 15.6 Å². The van der Waals surface area contributed by atoms with Crippen LogP contribution in [0.1, 0.15) is 26.3 Å². The maximum Gasteiger partial charge on any atom is 0.260 e. The molecule has 136 valence electrons. The van der Waals surface area contributed by atoms with Gasteiger partial charge in [-0.3, -0.25) is 10.2 Å². The summed E-state index contributed by atoms with van der Waals surface area (Å²) in [6.45, 7) is 11.4. The van der Waals surface area contributed by atoms with E-state index in [1.54, 1.807) is 11.0 Å². The van der Waals surface area contributed by atoms with Gasteiger partial charge in [-0.15, -0.1) is 6.58 Å². The Morgan fingerprint density at radius 2 is 1.96 bits per heavy atom. The van der Waals surface area contributed by atoms with Crippen molar-refractivity contribution in [2.24, 2.45) is 5.10 Å². The SMILES string of the molecule is C=CCNC(=S)N/N=C(/C)c1ccc(OCC(=O)N(CC)CC)cc1. The minimum atomic E-state index is -0.0171. The van der Waals surface area contributed by atoms with E-state index in [-0.39, 0.29) is 12.5 Å². The van der Waals surface area contributed by atoms with Gasteiger partial charge in [0.25, 0.3) is 5.91 Å². The van der Waals surface area contributed by atoms with E-state index in [0.29, 0.717) is 30.5 Å². The molecule has 0 unspecified atom stereocenters. The van der Waals surface area contributed by atoms with E-state index in [1.165, 1.54) is 0 Å². The van der Waals surface area contributed by atoms with Crippen LogP contribution in [0, 0.1) is 0 Å². The fourth-order valence-corrected chi connectivity index (χ4v) is 2.14. The first-order chi connectivity index (χ1) is 12.0. The zero-order chi connectivity index (χ0) is 18.7. The normalized spacial score (nSPS) is 10.8. The van der Waals surface area contributed by atoms with Gasteiger partial charge < -0.3 is 15.0 Å². The third-order valence-corrected chi connectivity index (χ3v) is 3.72. The smallest absolute Gasteiger partial charge is 0.260 e. The quantitative estimate of drug-likeness (QED) is 0.305. The Kier molecular flexibility index (Phi) is 9.24. The standard InChI is InChI=1S/C18H26N4O2S/c1-5-12-19-18(25)21-20-14(4)15-8-10-16(11-9-15)24-13-17(23)22(6-2)7-3/h5,8-11H,1,6-7,12-13H2,2-4H3,(H2,19,21,25)/b20-14-. The average molecular weight is 362 g/mol. The van der Waals surface area contributed by atoms with E-state index in [1.807, 2.05) is 45.0 Å². The van der Waals surface area contributed by atoms with Gasteiger partial charge in [-0.1, -0.05) is 6.08 Å². The second-order valence-corrected chi connectivity index (χ2v) is 5.60. The molecular formula is C18H26N4O2S. The highest BCUT2D eigenvalue weighted by Gasteiger charge is 2.10. The van der Waals surface area contributed by atoms with Crippen molar-refractivity contribution in [3.05, 3.63) is 42.5 Å². The highest BCUT2D eigenvalue weighted by atomic mass is 32.1. The molecule has 0 aliphatic carbocycles. The largest absolute Gasteiger partial charge is 0.484 e. The highest BCUT2D eigenvalue weighted by molar-refractivity contribution is 7.80. The van der Waals surface area contributed by atoms with E-state index >= 15 is 0 Å². The predicted molar refractivity (Wildman–Crippen MR) is 106 cm³/mol. The number of nitrogens with one attached hydrogen (secondary N) is 2. The summed E-state index contributed by atoms with van der Waals surface area (Å²) in [4.78, 5) is 13.7. The molecule has 0 radical (unpaired) electrons. The van der Waals surface area contributed by atoms with Gasteiger partial charge in [-0.25, -0.2) is 0 Å². The number of likely N-dealkylation sites (N-methyl/N-ethyl adjacent to an activating group) is 1. The Hall–Kier alpha value is -2.41. The number of benzene rings is 1. The fraction of sp³-hybridized carbons (Fsp3) is 0.389. The first kappa shape index (κ1) is 20.6. The summed E-state index contributed by atoms with van der Waals surface area (Å²) in [6.07, 6.45) is 1.72. The third-order valence-electron chi connectivity index (χ3n) is 3.48. The Morgan fingerprint density at radius 3 is 2.52 bits per heavy atom. The maximum absolute atomic E-state index is 11.9. The summed E-state index contributed by atoms with van der Waals surface area (Å²) in [5.41, 5.74) is 4.49. The summed E-state index contributed by atoms with van der Waals surface area (Å²) in [7, 11) is 0.